The van der Waals surface area contributed by atoms with Crippen LogP contribution in [0.4, 0.5) is 22.7 Å². The van der Waals surface area contributed by atoms with Crippen molar-refractivity contribution in [1.82, 2.24) is 0 Å². The molecule has 8 nitrogen and oxygen atoms in total. The van der Waals surface area contributed by atoms with Crippen molar-refractivity contribution in [2.24, 2.45) is 0 Å². The van der Waals surface area contributed by atoms with Gasteiger partial charge in [0.1, 0.15) is 95.3 Å². The van der Waals surface area contributed by atoms with E-state index >= 15 is 0 Å². The summed E-state index contributed by atoms with van der Waals surface area (Å²) < 4.78 is 33.9. The van der Waals surface area contributed by atoms with E-state index < -0.39 is 31.7 Å². The van der Waals surface area contributed by atoms with Crippen molar-refractivity contribution in [3.63, 3.8) is 0 Å². The fraction of sp³-hybridized carbons (Fsp3) is 0.182. The molecule has 15 heteroatoms. The van der Waals surface area contributed by atoms with E-state index in [1.165, 1.54) is 115 Å². The van der Waals surface area contributed by atoms with Crippen molar-refractivity contribution in [1.29, 1.82) is 0 Å². The van der Waals surface area contributed by atoms with Crippen LogP contribution in [0.2, 0.25) is 0 Å². The summed E-state index contributed by atoms with van der Waals surface area (Å²) in [5.41, 5.74) is 3.57. The smallest absolute Gasteiger partial charge is 0.652 e. The fourth-order valence-corrected chi connectivity index (χ4v) is 23.6. The van der Waals surface area contributed by atoms with Crippen LogP contribution in [0, 0.1) is 0 Å². The first-order chi connectivity index (χ1) is 49.7. The first-order valence-corrected chi connectivity index (χ1v) is 41.3. The summed E-state index contributed by atoms with van der Waals surface area (Å²) in [4.78, 5) is 0. The van der Waals surface area contributed by atoms with Crippen molar-refractivity contribution in [2.75, 3.05) is 52.9 Å². The minimum Gasteiger partial charge on any atom is -0.652 e. The molecule has 4 saturated heterocycles. The Balaban J connectivity index is 0.000000169. The van der Waals surface area contributed by atoms with Gasteiger partial charge in [-0.2, -0.15) is 0 Å². The van der Waals surface area contributed by atoms with Crippen LogP contribution in [0.5, 0.6) is 23.0 Å². The van der Waals surface area contributed by atoms with Gasteiger partial charge in [-0.3, -0.25) is 0 Å². The van der Waals surface area contributed by atoms with Crippen LogP contribution in [-0.4, -0.2) is 104 Å². The number of ether oxygens (including phenoxy) is 6. The summed E-state index contributed by atoms with van der Waals surface area (Å²) in [5, 5.41) is 25.8. The van der Waals surface area contributed by atoms with Crippen LogP contribution < -0.4 is 125 Å². The summed E-state index contributed by atoms with van der Waals surface area (Å²) in [6, 6.07) is 112. The normalized spacial score (nSPS) is 13.9. The Bertz CT molecular complexity index is 3670. The molecule has 0 atom stereocenters. The van der Waals surface area contributed by atoms with E-state index in [0.717, 1.165) is 98.6 Å². The Labute approximate surface area is 713 Å². The van der Waals surface area contributed by atoms with Crippen LogP contribution in [-0.2, 0) is 39.4 Å². The third-order valence-electron chi connectivity index (χ3n) is 17.8. The maximum Gasteiger partial charge on any atom is 1.00 e. The van der Waals surface area contributed by atoms with Crippen LogP contribution in [0.3, 0.4) is 0 Å². The van der Waals surface area contributed by atoms with E-state index in [1.54, 1.807) is 0 Å². The molecule has 0 saturated carbocycles. The number of hydrogen-bond acceptors (Lipinski definition) is 6. The van der Waals surface area contributed by atoms with Gasteiger partial charge in [0.15, 0.2) is 23.0 Å². The number of fused-ring (bicyclic) bond motifs is 4. The van der Waals surface area contributed by atoms with Crippen LogP contribution in [0.1, 0.15) is 51.4 Å². The zero-order valence-electron chi connectivity index (χ0n) is 59.0. The van der Waals surface area contributed by atoms with E-state index in [2.05, 4.69) is 315 Å². The van der Waals surface area contributed by atoms with Crippen molar-refractivity contribution in [3.05, 3.63) is 326 Å². The van der Waals surface area contributed by atoms with Gasteiger partial charge >= 0.3 is 51.4 Å². The topological polar surface area (TPSA) is 83.6 Å². The first kappa shape index (κ1) is 80.9. The molecule has 0 unspecified atom stereocenters. The van der Waals surface area contributed by atoms with Gasteiger partial charge in [0.25, 0.3) is 0 Å². The SMILES string of the molecule is C1CCOC1.C1CCOC1.C1CCOC1.C1CCOC1.[K+].[K].[Pd].c1ccc([PH+](c2ccccc2)c2cccc3c2Oc2c(cccc2[PH+](c2ccccc2)c2ccccc2)[N-]3)cc1.c1ccc([PH+](c2ccccc2)c2cccc3c2Oc2c(cccc2[PH+](c2ccccc2)c2ccccc2)[N-]3)cc1. The standard InChI is InChI=1S/2C36H26NOP2.4C4H8O.2K.Pd/c2*1-5-15-27(16-6-1)39(28-17-7-2-8-18-28)33-25-13-23-31-35(33)38-36-32(37-31)24-14-26-34(36)40(29-19-9-3-10-20-29)30-21-11-4-12-22-30;4*1-2-4-5-3-1;;;/h2*1-26H;4*1-4H2;;;/q2*-1;;;;;;+1;/p+4. The summed E-state index contributed by atoms with van der Waals surface area (Å²) in [6.07, 6.45) is 10.2. The molecule has 4 fully saturated rings. The molecule has 12 aromatic rings. The van der Waals surface area contributed by atoms with Gasteiger partial charge in [0, 0.05) is 125 Å². The van der Waals surface area contributed by atoms with Crippen molar-refractivity contribution in [3.8, 4) is 23.0 Å². The summed E-state index contributed by atoms with van der Waals surface area (Å²) >= 11 is 0. The predicted molar refractivity (Wildman–Crippen MR) is 438 cm³/mol. The quantitative estimate of drug-likeness (QED) is 0.0895. The van der Waals surface area contributed by atoms with Crippen molar-refractivity contribution >= 4 is 169 Å². The second-order valence-electron chi connectivity index (χ2n) is 24.7. The average Bonchev–Trinajstić information content (AvgIpc) is 1.76. The third kappa shape index (κ3) is 22.3. The number of nitrogens with zero attached hydrogens (tertiary/aromatic N) is 2. The van der Waals surface area contributed by atoms with Crippen molar-refractivity contribution in [2.45, 2.75) is 51.4 Å². The fourth-order valence-electron chi connectivity index (χ4n) is 12.9. The van der Waals surface area contributed by atoms with Crippen LogP contribution in [0.25, 0.3) is 10.6 Å². The molecule has 0 bridgehead atoms. The van der Waals surface area contributed by atoms with Gasteiger partial charge < -0.3 is 39.1 Å². The Morgan fingerprint density at radius 2 is 0.359 bits per heavy atom. The van der Waals surface area contributed by atoms with E-state index in [-0.39, 0.29) is 123 Å². The number of benzene rings is 12. The molecule has 18 rings (SSSR count). The zero-order valence-corrected chi connectivity index (χ0v) is 70.8. The van der Waals surface area contributed by atoms with E-state index in [1.807, 2.05) is 0 Å². The van der Waals surface area contributed by atoms with E-state index in [4.69, 9.17) is 39.1 Å². The summed E-state index contributed by atoms with van der Waals surface area (Å²) in [6.45, 7) is 8.00. The molecule has 515 valence electrons. The van der Waals surface area contributed by atoms with E-state index in [0.29, 0.717) is 0 Å². The number of hydrogen-bond donors (Lipinski definition) is 0. The van der Waals surface area contributed by atoms with Crippen LogP contribution >= 0.6 is 31.7 Å². The Morgan fingerprint density at radius 1 is 0.204 bits per heavy atom. The molecule has 0 amide bonds. The molecular weight excluding hydrogens is 1490 g/mol. The minimum atomic E-state index is -1.33. The van der Waals surface area contributed by atoms with Crippen molar-refractivity contribution < 1.29 is 100 Å². The third-order valence-corrected chi connectivity index (χ3v) is 28.8. The molecule has 103 heavy (non-hydrogen) atoms. The second-order valence-corrected chi connectivity index (χ2v) is 34.5. The minimum absolute atomic E-state index is 0. The van der Waals surface area contributed by atoms with Gasteiger partial charge in [-0.05, 0) is 173 Å². The molecule has 1 radical (unpaired) electrons. The maximum atomic E-state index is 7.04. The number of rotatable bonds is 12. The molecule has 6 heterocycles. The molecule has 0 aromatic heterocycles. The second kappa shape index (κ2) is 44.0. The Kier molecular flexibility index (Phi) is 34.5. The Morgan fingerprint density at radius 3 is 0.495 bits per heavy atom. The monoisotopic (exact) mass is 1580 g/mol. The molecule has 12 aromatic carbocycles. The zero-order chi connectivity index (χ0) is 67.6. The first-order valence-electron chi connectivity index (χ1n) is 35.3. The molecular formula is C88H88K2N2O6P4Pd+3. The summed E-state index contributed by atoms with van der Waals surface area (Å²) in [5.74, 6) is 3.52. The molecule has 6 aliphatic rings. The molecule has 0 N–H and O–H groups in total. The maximum absolute atomic E-state index is 7.04. The summed E-state index contributed by atoms with van der Waals surface area (Å²) in [7, 11) is -5.33. The van der Waals surface area contributed by atoms with Gasteiger partial charge in [-0.1, -0.05) is 217 Å². The Hall–Kier alpha value is -4.66. The van der Waals surface area contributed by atoms with Gasteiger partial charge in [0.2, 0.25) is 0 Å². The van der Waals surface area contributed by atoms with Gasteiger partial charge in [-0.15, -0.1) is 0 Å². The average molecular weight is 1580 g/mol. The molecule has 6 aliphatic heterocycles. The largest absolute Gasteiger partial charge is 1.00 e. The molecule has 0 aliphatic carbocycles. The van der Waals surface area contributed by atoms with E-state index in [9.17, 15) is 0 Å². The van der Waals surface area contributed by atoms with Crippen LogP contribution in [0.15, 0.2) is 315 Å². The van der Waals surface area contributed by atoms with Gasteiger partial charge in [0.05, 0.1) is 0 Å². The van der Waals surface area contributed by atoms with Gasteiger partial charge in [-0.25, -0.2) is 0 Å². The number of para-hydroxylation sites is 4. The predicted octanol–water partition coefficient (Wildman–Crippen LogP) is 14.0. The molecule has 0 spiro atoms.